The first-order valence-electron chi connectivity index (χ1n) is 2.52. The summed E-state index contributed by atoms with van der Waals surface area (Å²) < 4.78 is 2.24. The van der Waals surface area contributed by atoms with Gasteiger partial charge in [-0.1, -0.05) is 0 Å². The van der Waals surface area contributed by atoms with Gasteiger partial charge in [-0.2, -0.15) is 0 Å². The van der Waals surface area contributed by atoms with Gasteiger partial charge in [0.25, 0.3) is 0 Å². The monoisotopic (exact) mass is 94.1 g/mol. The van der Waals surface area contributed by atoms with E-state index < -0.39 is 0 Å². The van der Waals surface area contributed by atoms with E-state index in [-0.39, 0.29) is 0 Å². The molecule has 0 unspecified atom stereocenters. The third-order valence-corrected chi connectivity index (χ3v) is 1.17. The number of hydrogen-bond acceptors (Lipinski definition) is 0. The van der Waals surface area contributed by atoms with Crippen molar-refractivity contribution in [2.24, 2.45) is 0 Å². The van der Waals surface area contributed by atoms with Gasteiger partial charge in [0.1, 0.15) is 0 Å². The van der Waals surface area contributed by atoms with E-state index in [9.17, 15) is 0 Å². The molecule has 0 amide bonds. The zero-order chi connectivity index (χ0) is 4.83. The van der Waals surface area contributed by atoms with E-state index in [1.165, 1.54) is 19.3 Å². The molecule has 0 radical (unpaired) electrons. The molecular weight excluding hydrogens is 84.4 g/mol. The molecular formula is C5H10Mg. The second kappa shape index (κ2) is 5.64. The van der Waals surface area contributed by atoms with Gasteiger partial charge in [-0.15, -0.1) is 0 Å². The van der Waals surface area contributed by atoms with E-state index in [1.807, 2.05) is 21.2 Å². The Balaban J connectivity index is 2.49. The SMILES string of the molecule is CCCC[CH]=[Mg]. The molecule has 0 bridgehead atoms. The van der Waals surface area contributed by atoms with Crippen LogP contribution in [0, 0.1) is 0 Å². The van der Waals surface area contributed by atoms with Crippen molar-refractivity contribution in [3.63, 3.8) is 0 Å². The Morgan fingerprint density at radius 2 is 2.33 bits per heavy atom. The van der Waals surface area contributed by atoms with Crippen molar-refractivity contribution in [2.45, 2.75) is 26.2 Å². The molecule has 0 aromatic carbocycles. The van der Waals surface area contributed by atoms with Crippen LogP contribution in [0.15, 0.2) is 0 Å². The van der Waals surface area contributed by atoms with E-state index in [0.717, 1.165) is 0 Å². The van der Waals surface area contributed by atoms with E-state index >= 15 is 0 Å². The molecule has 0 aliphatic rings. The molecule has 0 spiro atoms. The Morgan fingerprint density at radius 3 is 2.50 bits per heavy atom. The quantitative estimate of drug-likeness (QED) is 0.364. The molecule has 0 saturated heterocycles. The van der Waals surface area contributed by atoms with Crippen LogP contribution in [-0.2, 0) is 0 Å². The first-order chi connectivity index (χ1) is 2.91. The summed E-state index contributed by atoms with van der Waals surface area (Å²) in [5.41, 5.74) is 0. The maximum atomic E-state index is 2.24. The third-order valence-electron chi connectivity index (χ3n) is 0.762. The van der Waals surface area contributed by atoms with Crippen LogP contribution in [0.5, 0.6) is 0 Å². The van der Waals surface area contributed by atoms with Crippen LogP contribution in [0.4, 0.5) is 0 Å². The first-order valence-corrected chi connectivity index (χ1v) is 3.34. The van der Waals surface area contributed by atoms with Crippen molar-refractivity contribution < 1.29 is 0 Å². The second-order valence-corrected chi connectivity index (χ2v) is 2.01. The standard InChI is InChI=1S/C5H10.Mg/c1-3-5-4-2;/h1H,3-5H2,2H3;. The summed E-state index contributed by atoms with van der Waals surface area (Å²) in [7, 11) is 0. The number of hydrogen-bond donors (Lipinski definition) is 0. The number of unbranched alkanes of at least 4 members (excludes halogenated alkanes) is 2. The molecule has 0 rings (SSSR count). The molecule has 0 aromatic heterocycles. The zero-order valence-corrected chi connectivity index (χ0v) is 5.82. The Bertz CT molecular complexity index is 32.9. The van der Waals surface area contributed by atoms with Gasteiger partial charge in [-0.3, -0.25) is 0 Å². The molecule has 1 heteroatoms. The topological polar surface area (TPSA) is 0 Å². The predicted octanol–water partition coefficient (Wildman–Crippen LogP) is 1.15. The van der Waals surface area contributed by atoms with Crippen molar-refractivity contribution in [3.05, 3.63) is 0 Å². The summed E-state index contributed by atoms with van der Waals surface area (Å²) in [6.07, 6.45) is 3.99. The summed E-state index contributed by atoms with van der Waals surface area (Å²) in [4.78, 5) is 0. The fraction of sp³-hybridized carbons (Fsp3) is 0.800. The Morgan fingerprint density at radius 1 is 1.67 bits per heavy atom. The van der Waals surface area contributed by atoms with Crippen molar-refractivity contribution >= 4 is 25.4 Å². The Kier molecular flexibility index (Phi) is 6.23. The predicted molar refractivity (Wildman–Crippen MR) is 31.3 cm³/mol. The van der Waals surface area contributed by atoms with E-state index in [1.54, 1.807) is 0 Å². The Hall–Kier alpha value is 0.636. The van der Waals surface area contributed by atoms with Crippen molar-refractivity contribution in [2.75, 3.05) is 0 Å². The summed E-state index contributed by atoms with van der Waals surface area (Å²) in [6, 6.07) is 0. The second-order valence-electron chi connectivity index (χ2n) is 1.43. The van der Waals surface area contributed by atoms with Crippen LogP contribution in [0.3, 0.4) is 0 Å². The van der Waals surface area contributed by atoms with Gasteiger partial charge in [-0.25, -0.2) is 0 Å². The van der Waals surface area contributed by atoms with Crippen molar-refractivity contribution in [1.29, 1.82) is 0 Å². The molecule has 0 nitrogen and oxygen atoms in total. The van der Waals surface area contributed by atoms with Crippen LogP contribution >= 0.6 is 0 Å². The molecule has 0 atom stereocenters. The zero-order valence-electron chi connectivity index (χ0n) is 4.41. The average molecular weight is 94.4 g/mol. The van der Waals surface area contributed by atoms with E-state index in [2.05, 4.69) is 11.1 Å². The van der Waals surface area contributed by atoms with Crippen LogP contribution in [0.25, 0.3) is 0 Å². The van der Waals surface area contributed by atoms with E-state index in [4.69, 9.17) is 0 Å². The first kappa shape index (κ1) is 6.64. The summed E-state index contributed by atoms with van der Waals surface area (Å²) in [5, 5.41) is 0. The molecule has 0 aromatic rings. The van der Waals surface area contributed by atoms with Crippen molar-refractivity contribution in [1.82, 2.24) is 0 Å². The van der Waals surface area contributed by atoms with E-state index in [0.29, 0.717) is 0 Å². The third kappa shape index (κ3) is 4.64. The van der Waals surface area contributed by atoms with Crippen LogP contribution in [-0.4, -0.2) is 25.4 Å². The maximum absolute atomic E-state index is 2.24. The van der Waals surface area contributed by atoms with Gasteiger partial charge in [0.05, 0.1) is 0 Å². The molecule has 32 valence electrons. The van der Waals surface area contributed by atoms with Crippen molar-refractivity contribution in [3.8, 4) is 0 Å². The van der Waals surface area contributed by atoms with Crippen LogP contribution < -0.4 is 0 Å². The van der Waals surface area contributed by atoms with Gasteiger partial charge < -0.3 is 0 Å². The fourth-order valence-electron chi connectivity index (χ4n) is 0.348. The van der Waals surface area contributed by atoms with Crippen LogP contribution in [0.1, 0.15) is 26.2 Å². The number of rotatable bonds is 3. The molecule has 0 heterocycles. The molecule has 0 fully saturated rings. The molecule has 6 heavy (non-hydrogen) atoms. The molecule has 0 N–H and O–H groups in total. The van der Waals surface area contributed by atoms with Gasteiger partial charge in [0, 0.05) is 0 Å². The van der Waals surface area contributed by atoms with Gasteiger partial charge in [0.2, 0.25) is 0 Å². The minimum absolute atomic E-state index is 1.30. The van der Waals surface area contributed by atoms with Crippen LogP contribution in [0.2, 0.25) is 0 Å². The minimum atomic E-state index is 1.30. The summed E-state index contributed by atoms with van der Waals surface area (Å²) in [5.74, 6) is 0. The Labute approximate surface area is 51.9 Å². The summed E-state index contributed by atoms with van der Waals surface area (Å²) in [6.45, 7) is 2.21. The summed E-state index contributed by atoms with van der Waals surface area (Å²) >= 11 is 1.94. The van der Waals surface area contributed by atoms with Gasteiger partial charge >= 0.3 is 51.6 Å². The molecule has 0 aliphatic carbocycles. The average Bonchev–Trinajstić information content (AvgIpc) is 1.61. The fourth-order valence-corrected chi connectivity index (χ4v) is 0.637. The van der Waals surface area contributed by atoms with Gasteiger partial charge in [-0.05, 0) is 0 Å². The van der Waals surface area contributed by atoms with Gasteiger partial charge in [0.15, 0.2) is 0 Å². The molecule has 0 saturated carbocycles. The molecule has 0 aliphatic heterocycles. The normalized spacial score (nSPS) is 8.50.